The van der Waals surface area contributed by atoms with Gasteiger partial charge in [0.25, 0.3) is 5.91 Å². The summed E-state index contributed by atoms with van der Waals surface area (Å²) in [6.45, 7) is 15.1. The lowest BCUT2D eigenvalue weighted by molar-refractivity contribution is 0.0950. The second-order valence-electron chi connectivity index (χ2n) is 9.31. The first-order valence-corrected chi connectivity index (χ1v) is 11.7. The molecular formula is C21H39N2O6P. The molecule has 9 heteroatoms. The Morgan fingerprint density at radius 2 is 1.63 bits per heavy atom. The summed E-state index contributed by atoms with van der Waals surface area (Å²) < 4.78 is 8.88. The molecule has 7 N–H and O–H groups in total. The molecule has 1 amide bonds. The zero-order chi connectivity index (χ0) is 23.9. The van der Waals surface area contributed by atoms with Gasteiger partial charge in [0, 0.05) is 5.56 Å². The Labute approximate surface area is 180 Å². The maximum atomic E-state index is 12.2. The van der Waals surface area contributed by atoms with Crippen molar-refractivity contribution in [1.29, 1.82) is 0 Å². The number of hydrogen-bond acceptors (Lipinski definition) is 4. The predicted molar refractivity (Wildman–Crippen MR) is 119 cm³/mol. The molecule has 174 valence electrons. The van der Waals surface area contributed by atoms with Crippen molar-refractivity contribution in [3.63, 3.8) is 0 Å². The molecule has 0 unspecified atom stereocenters. The highest BCUT2D eigenvalue weighted by atomic mass is 31.2. The standard InChI is InChI=1S/C21H36N2O2.H3O4P/c1-8-20(4,5)17-13-15(12-16(18(17)24)19(25)23-22)21(6,7)11-9-10-14(2)3;1-5(2,3)4/h12-14,24H,8-11,22H2,1-7H3,(H,23,25);(H3,1,2,3,4). The number of nitrogens with one attached hydrogen (secondary N) is 1. The highest BCUT2D eigenvalue weighted by Gasteiger charge is 2.30. The van der Waals surface area contributed by atoms with Crippen molar-refractivity contribution in [1.82, 2.24) is 5.43 Å². The largest absolute Gasteiger partial charge is 0.507 e. The lowest BCUT2D eigenvalue weighted by atomic mass is 9.74. The van der Waals surface area contributed by atoms with Gasteiger partial charge in [0.1, 0.15) is 5.75 Å². The zero-order valence-electron chi connectivity index (χ0n) is 19.2. The fraction of sp³-hybridized carbons (Fsp3) is 0.667. The van der Waals surface area contributed by atoms with E-state index in [9.17, 15) is 9.90 Å². The van der Waals surface area contributed by atoms with E-state index >= 15 is 0 Å². The summed E-state index contributed by atoms with van der Waals surface area (Å²) in [5, 5.41) is 10.7. The zero-order valence-corrected chi connectivity index (χ0v) is 20.1. The number of carbonyl (C=O) groups excluding carboxylic acids is 1. The third-order valence-corrected chi connectivity index (χ3v) is 5.46. The van der Waals surface area contributed by atoms with Crippen LogP contribution in [0.15, 0.2) is 12.1 Å². The van der Waals surface area contributed by atoms with Crippen LogP contribution in [-0.2, 0) is 15.4 Å². The van der Waals surface area contributed by atoms with E-state index in [1.54, 1.807) is 6.07 Å². The predicted octanol–water partition coefficient (Wildman–Crippen LogP) is 3.86. The molecule has 0 spiro atoms. The number of phenolic OH excluding ortho intramolecular Hbond substituents is 1. The van der Waals surface area contributed by atoms with E-state index in [0.29, 0.717) is 5.92 Å². The maximum Gasteiger partial charge on any atom is 0.466 e. The Hall–Kier alpha value is -1.44. The van der Waals surface area contributed by atoms with Crippen molar-refractivity contribution >= 4 is 13.7 Å². The number of benzene rings is 1. The average molecular weight is 447 g/mol. The third kappa shape index (κ3) is 9.58. The molecule has 0 saturated heterocycles. The van der Waals surface area contributed by atoms with Gasteiger partial charge in [-0.15, -0.1) is 0 Å². The smallest absolute Gasteiger partial charge is 0.466 e. The van der Waals surface area contributed by atoms with Crippen LogP contribution < -0.4 is 11.3 Å². The normalized spacial score (nSPS) is 12.4. The van der Waals surface area contributed by atoms with Crippen molar-refractivity contribution in [2.24, 2.45) is 11.8 Å². The molecule has 0 bridgehead atoms. The number of carbonyl (C=O) groups is 1. The monoisotopic (exact) mass is 446 g/mol. The first kappa shape index (κ1) is 28.6. The first-order valence-electron chi connectivity index (χ1n) is 10.1. The molecule has 30 heavy (non-hydrogen) atoms. The van der Waals surface area contributed by atoms with E-state index in [0.717, 1.165) is 30.4 Å². The molecular weight excluding hydrogens is 407 g/mol. The number of hydrazine groups is 1. The van der Waals surface area contributed by atoms with Crippen molar-refractivity contribution in [3.8, 4) is 5.75 Å². The number of nitrogens with two attached hydrogens (primary N) is 1. The number of rotatable bonds is 8. The molecule has 0 radical (unpaired) electrons. The second-order valence-corrected chi connectivity index (χ2v) is 10.3. The lowest BCUT2D eigenvalue weighted by Crippen LogP contribution is -2.31. The van der Waals surface area contributed by atoms with Crippen LogP contribution in [0.3, 0.4) is 0 Å². The van der Waals surface area contributed by atoms with Gasteiger partial charge in [-0.2, -0.15) is 0 Å². The third-order valence-electron chi connectivity index (χ3n) is 5.46. The minimum absolute atomic E-state index is 0.0385. The summed E-state index contributed by atoms with van der Waals surface area (Å²) in [5.74, 6) is 5.60. The maximum absolute atomic E-state index is 12.2. The molecule has 0 atom stereocenters. The number of phosphoric acid groups is 1. The number of phenols is 1. The fourth-order valence-corrected chi connectivity index (χ4v) is 3.08. The van der Waals surface area contributed by atoms with E-state index < -0.39 is 13.7 Å². The van der Waals surface area contributed by atoms with Gasteiger partial charge in [-0.25, -0.2) is 10.4 Å². The Morgan fingerprint density at radius 1 is 1.13 bits per heavy atom. The van der Waals surface area contributed by atoms with Crippen LogP contribution in [0.25, 0.3) is 0 Å². The second kappa shape index (κ2) is 11.3. The van der Waals surface area contributed by atoms with Gasteiger partial charge in [0.05, 0.1) is 5.56 Å². The van der Waals surface area contributed by atoms with Crippen LogP contribution in [0.2, 0.25) is 0 Å². The first-order chi connectivity index (χ1) is 13.5. The van der Waals surface area contributed by atoms with E-state index in [1.807, 2.05) is 0 Å². The molecule has 8 nitrogen and oxygen atoms in total. The van der Waals surface area contributed by atoms with Crippen LogP contribution in [-0.4, -0.2) is 25.7 Å². The molecule has 0 aliphatic carbocycles. The molecule has 0 aliphatic rings. The summed E-state index contributed by atoms with van der Waals surface area (Å²) in [4.78, 5) is 33.8. The van der Waals surface area contributed by atoms with Crippen molar-refractivity contribution in [3.05, 3.63) is 28.8 Å². The van der Waals surface area contributed by atoms with Crippen LogP contribution in [0.1, 0.15) is 95.6 Å². The summed E-state index contributed by atoms with van der Waals surface area (Å²) >= 11 is 0. The van der Waals surface area contributed by atoms with Crippen LogP contribution in [0, 0.1) is 5.92 Å². The molecule has 1 aromatic rings. The highest BCUT2D eigenvalue weighted by Crippen LogP contribution is 2.40. The van der Waals surface area contributed by atoms with Gasteiger partial charge in [-0.1, -0.05) is 67.4 Å². The Balaban J connectivity index is 0.00000150. The SMILES string of the molecule is CCC(C)(C)c1cc(C(C)(C)CCCC(C)C)cc(C(=O)NN)c1O.O=P(O)(O)O. The average Bonchev–Trinajstić information content (AvgIpc) is 2.58. The lowest BCUT2D eigenvalue weighted by Gasteiger charge is -2.31. The Morgan fingerprint density at radius 3 is 2.03 bits per heavy atom. The van der Waals surface area contributed by atoms with E-state index in [4.69, 9.17) is 25.1 Å². The summed E-state index contributed by atoms with van der Waals surface area (Å²) in [6.07, 6.45) is 4.22. The van der Waals surface area contributed by atoms with Crippen molar-refractivity contribution < 1.29 is 29.1 Å². The van der Waals surface area contributed by atoms with Gasteiger partial charge in [0.15, 0.2) is 0 Å². The molecule has 0 heterocycles. The van der Waals surface area contributed by atoms with E-state index in [-0.39, 0.29) is 22.1 Å². The quantitative estimate of drug-likeness (QED) is 0.153. The summed E-state index contributed by atoms with van der Waals surface area (Å²) in [6, 6.07) is 3.86. The number of amides is 1. The van der Waals surface area contributed by atoms with Crippen LogP contribution in [0.4, 0.5) is 0 Å². The minimum Gasteiger partial charge on any atom is -0.507 e. The van der Waals surface area contributed by atoms with Crippen LogP contribution >= 0.6 is 7.82 Å². The molecule has 0 aromatic heterocycles. The fourth-order valence-electron chi connectivity index (χ4n) is 3.08. The minimum atomic E-state index is -4.64. The van der Waals surface area contributed by atoms with E-state index in [1.165, 1.54) is 6.42 Å². The van der Waals surface area contributed by atoms with Crippen molar-refractivity contribution in [2.75, 3.05) is 0 Å². The Kier molecular flexibility index (Phi) is 10.7. The molecule has 0 aliphatic heterocycles. The number of nitrogen functional groups attached to an aromatic ring is 1. The van der Waals surface area contributed by atoms with Gasteiger partial charge < -0.3 is 19.8 Å². The van der Waals surface area contributed by atoms with Gasteiger partial charge >= 0.3 is 7.82 Å². The van der Waals surface area contributed by atoms with Gasteiger partial charge in [0.2, 0.25) is 0 Å². The highest BCUT2D eigenvalue weighted by molar-refractivity contribution is 7.45. The molecule has 0 saturated carbocycles. The van der Waals surface area contributed by atoms with E-state index in [2.05, 4.69) is 60.0 Å². The summed E-state index contributed by atoms with van der Waals surface area (Å²) in [7, 11) is -4.64. The van der Waals surface area contributed by atoms with Gasteiger partial charge in [-0.3, -0.25) is 10.2 Å². The van der Waals surface area contributed by atoms with Gasteiger partial charge in [-0.05, 0) is 41.2 Å². The Bertz CT molecular complexity index is 748. The van der Waals surface area contributed by atoms with Crippen molar-refractivity contribution in [2.45, 2.75) is 85.0 Å². The topological polar surface area (TPSA) is 153 Å². The molecule has 0 fully saturated rings. The molecule has 1 aromatic carbocycles. The van der Waals surface area contributed by atoms with Crippen LogP contribution in [0.5, 0.6) is 5.75 Å². The molecule has 1 rings (SSSR count). The summed E-state index contributed by atoms with van der Waals surface area (Å²) in [5.41, 5.74) is 3.99. The number of hydrogen-bond donors (Lipinski definition) is 6. The number of aromatic hydroxyl groups is 1.